The molecule has 0 radical (unpaired) electrons. The normalized spacial score (nSPS) is 22.5. The van der Waals surface area contributed by atoms with E-state index in [1.807, 2.05) is 18.2 Å². The number of morpholine rings is 1. The van der Waals surface area contributed by atoms with E-state index in [-0.39, 0.29) is 5.75 Å². The van der Waals surface area contributed by atoms with Crippen LogP contribution in [-0.4, -0.2) is 58.4 Å². The number of benzene rings is 2. The Bertz CT molecular complexity index is 1150. The van der Waals surface area contributed by atoms with E-state index in [1.54, 1.807) is 12.4 Å². The fourth-order valence-electron chi connectivity index (χ4n) is 5.68. The summed E-state index contributed by atoms with van der Waals surface area (Å²) < 4.78 is 5.52. The number of hydrogen-bond donors (Lipinski definition) is 2. The smallest absolute Gasteiger partial charge is 0.137 e. The number of ether oxygens (including phenoxy) is 1. The summed E-state index contributed by atoms with van der Waals surface area (Å²) in [6.45, 7) is 3.88. The predicted octanol–water partition coefficient (Wildman–Crippen LogP) is 4.48. The Morgan fingerprint density at radius 3 is 2.58 bits per heavy atom. The zero-order valence-electron chi connectivity index (χ0n) is 18.8. The summed E-state index contributed by atoms with van der Waals surface area (Å²) in [7, 11) is 0. The minimum Gasteiger partial charge on any atom is -0.508 e. The molecule has 1 aliphatic heterocycles. The topological polar surface area (TPSA) is 70.5 Å². The van der Waals surface area contributed by atoms with E-state index in [9.17, 15) is 5.11 Å². The van der Waals surface area contributed by atoms with Gasteiger partial charge in [-0.05, 0) is 66.1 Å². The number of nitrogens with zero attached hydrogens (tertiary/aromatic N) is 3. The van der Waals surface area contributed by atoms with Crippen LogP contribution < -0.4 is 5.32 Å². The standard InChI is InChI=1S/C27H30N4O2/c32-23-3-1-2-18(14-23)19-4-5-20-16-25-26(24(20)15-19)27(29-17-28-25)30-21-6-8-22(9-7-21)31-10-12-33-13-11-31/h1-5,14-15,17,21-22,32H,6-13,16H2,(H,28,29,30). The van der Waals surface area contributed by atoms with Crippen molar-refractivity contribution in [2.45, 2.75) is 44.2 Å². The van der Waals surface area contributed by atoms with Gasteiger partial charge < -0.3 is 15.2 Å². The lowest BCUT2D eigenvalue weighted by atomic mass is 9.89. The first-order chi connectivity index (χ1) is 16.2. The van der Waals surface area contributed by atoms with E-state index in [0.717, 1.165) is 73.8 Å². The second-order valence-corrected chi connectivity index (χ2v) is 9.44. The lowest BCUT2D eigenvalue weighted by Gasteiger charge is -2.39. The number of phenols is 1. The molecule has 0 unspecified atom stereocenters. The average Bonchev–Trinajstić information content (AvgIpc) is 3.24. The van der Waals surface area contributed by atoms with Crippen molar-refractivity contribution in [2.75, 3.05) is 31.6 Å². The van der Waals surface area contributed by atoms with Crippen molar-refractivity contribution in [1.82, 2.24) is 14.9 Å². The quantitative estimate of drug-likeness (QED) is 0.486. The minimum atomic E-state index is 0.284. The van der Waals surface area contributed by atoms with Crippen molar-refractivity contribution in [3.05, 3.63) is 60.0 Å². The van der Waals surface area contributed by atoms with Crippen molar-refractivity contribution in [1.29, 1.82) is 0 Å². The van der Waals surface area contributed by atoms with Gasteiger partial charge in [-0.15, -0.1) is 0 Å². The second-order valence-electron chi connectivity index (χ2n) is 9.44. The molecule has 0 spiro atoms. The van der Waals surface area contributed by atoms with Crippen molar-refractivity contribution >= 4 is 5.82 Å². The summed E-state index contributed by atoms with van der Waals surface area (Å²) in [6, 6.07) is 15.1. The van der Waals surface area contributed by atoms with Crippen LogP contribution in [0.4, 0.5) is 5.82 Å². The highest BCUT2D eigenvalue weighted by atomic mass is 16.5. The fourth-order valence-corrected chi connectivity index (χ4v) is 5.68. The molecule has 170 valence electrons. The molecule has 33 heavy (non-hydrogen) atoms. The molecule has 0 amide bonds. The van der Waals surface area contributed by atoms with E-state index >= 15 is 0 Å². The molecule has 2 aliphatic carbocycles. The van der Waals surface area contributed by atoms with E-state index in [1.165, 1.54) is 24.0 Å². The van der Waals surface area contributed by atoms with Gasteiger partial charge in [0.2, 0.25) is 0 Å². The zero-order chi connectivity index (χ0) is 22.2. The highest BCUT2D eigenvalue weighted by molar-refractivity contribution is 5.86. The molecule has 2 heterocycles. The summed E-state index contributed by atoms with van der Waals surface area (Å²) in [6.07, 6.45) is 7.31. The van der Waals surface area contributed by atoms with Gasteiger partial charge in [-0.25, -0.2) is 9.97 Å². The molecule has 2 fully saturated rings. The van der Waals surface area contributed by atoms with Crippen molar-refractivity contribution < 1.29 is 9.84 Å². The number of anilines is 1. The van der Waals surface area contributed by atoms with Crippen molar-refractivity contribution in [2.24, 2.45) is 0 Å². The molecule has 2 aromatic carbocycles. The first-order valence-electron chi connectivity index (χ1n) is 12.1. The van der Waals surface area contributed by atoms with Crippen LogP contribution in [0.1, 0.15) is 36.9 Å². The van der Waals surface area contributed by atoms with Crippen molar-refractivity contribution in [3.8, 4) is 28.0 Å². The van der Waals surface area contributed by atoms with Crippen LogP contribution in [0.3, 0.4) is 0 Å². The monoisotopic (exact) mass is 442 g/mol. The summed E-state index contributed by atoms with van der Waals surface area (Å²) in [4.78, 5) is 11.9. The van der Waals surface area contributed by atoms with Crippen molar-refractivity contribution in [3.63, 3.8) is 0 Å². The number of aromatic nitrogens is 2. The highest BCUT2D eigenvalue weighted by Gasteiger charge is 2.29. The van der Waals surface area contributed by atoms with Gasteiger partial charge >= 0.3 is 0 Å². The van der Waals surface area contributed by atoms with E-state index in [0.29, 0.717) is 12.1 Å². The molecule has 3 aromatic rings. The number of phenolic OH excluding ortho intramolecular Hbond substituents is 1. The Morgan fingerprint density at radius 1 is 0.939 bits per heavy atom. The summed E-state index contributed by atoms with van der Waals surface area (Å²) >= 11 is 0. The number of nitrogens with one attached hydrogen (secondary N) is 1. The van der Waals surface area contributed by atoms with Gasteiger partial charge in [0.25, 0.3) is 0 Å². The molecule has 1 saturated carbocycles. The van der Waals surface area contributed by atoms with Gasteiger partial charge in [0, 0.05) is 37.2 Å². The average molecular weight is 443 g/mol. The zero-order valence-corrected chi connectivity index (χ0v) is 18.8. The highest BCUT2D eigenvalue weighted by Crippen LogP contribution is 2.42. The molecule has 6 heteroatoms. The van der Waals surface area contributed by atoms with Gasteiger partial charge in [0.15, 0.2) is 0 Å². The van der Waals surface area contributed by atoms with Gasteiger partial charge in [0.05, 0.1) is 18.9 Å². The second kappa shape index (κ2) is 8.76. The summed E-state index contributed by atoms with van der Waals surface area (Å²) in [5.41, 5.74) is 6.84. The third-order valence-corrected chi connectivity index (χ3v) is 7.44. The molecular formula is C27H30N4O2. The maximum absolute atomic E-state index is 9.91. The number of hydrogen-bond acceptors (Lipinski definition) is 6. The Hall–Kier alpha value is -2.96. The molecule has 6 rings (SSSR count). The molecule has 3 aliphatic rings. The van der Waals surface area contributed by atoms with Crippen LogP contribution in [0.5, 0.6) is 5.75 Å². The lowest BCUT2D eigenvalue weighted by Crippen LogP contribution is -2.46. The predicted molar refractivity (Wildman–Crippen MR) is 129 cm³/mol. The molecule has 0 bridgehead atoms. The van der Waals surface area contributed by atoms with Crippen LogP contribution in [0, 0.1) is 0 Å². The van der Waals surface area contributed by atoms with E-state index in [4.69, 9.17) is 4.74 Å². The Kier molecular flexibility index (Phi) is 5.48. The summed E-state index contributed by atoms with van der Waals surface area (Å²) in [5, 5.41) is 13.7. The third kappa shape index (κ3) is 4.09. The largest absolute Gasteiger partial charge is 0.508 e. The number of rotatable bonds is 4. The maximum Gasteiger partial charge on any atom is 0.137 e. The Morgan fingerprint density at radius 2 is 1.76 bits per heavy atom. The van der Waals surface area contributed by atoms with E-state index in [2.05, 4.69) is 38.4 Å². The van der Waals surface area contributed by atoms with Crippen LogP contribution >= 0.6 is 0 Å². The van der Waals surface area contributed by atoms with Crippen LogP contribution in [0.25, 0.3) is 22.3 Å². The van der Waals surface area contributed by atoms with Gasteiger partial charge in [-0.1, -0.05) is 24.3 Å². The Balaban J connectivity index is 1.22. The number of aromatic hydroxyl groups is 1. The molecule has 6 nitrogen and oxygen atoms in total. The maximum atomic E-state index is 9.91. The molecule has 2 N–H and O–H groups in total. The molecule has 0 atom stereocenters. The first-order valence-corrected chi connectivity index (χ1v) is 12.1. The SMILES string of the molecule is Oc1cccc(-c2ccc3c(c2)-c2c(ncnc2NC2CCC(N4CCOCC4)CC2)C3)c1. The Labute approximate surface area is 194 Å². The van der Waals surface area contributed by atoms with Crippen LogP contribution in [0.15, 0.2) is 48.8 Å². The third-order valence-electron chi connectivity index (χ3n) is 7.44. The molecule has 1 saturated heterocycles. The minimum absolute atomic E-state index is 0.284. The fraction of sp³-hybridized carbons (Fsp3) is 0.407. The summed E-state index contributed by atoms with van der Waals surface area (Å²) in [5.74, 6) is 1.24. The van der Waals surface area contributed by atoms with Crippen LogP contribution in [-0.2, 0) is 11.2 Å². The van der Waals surface area contributed by atoms with Gasteiger partial charge in [-0.3, -0.25) is 4.90 Å². The van der Waals surface area contributed by atoms with Gasteiger partial charge in [-0.2, -0.15) is 0 Å². The first kappa shape index (κ1) is 20.6. The van der Waals surface area contributed by atoms with Gasteiger partial charge in [0.1, 0.15) is 17.9 Å². The molecular weight excluding hydrogens is 412 g/mol. The van der Waals surface area contributed by atoms with Crippen LogP contribution in [0.2, 0.25) is 0 Å². The number of fused-ring (bicyclic) bond motifs is 3. The van der Waals surface area contributed by atoms with E-state index < -0.39 is 0 Å². The molecule has 1 aromatic heterocycles. The lowest BCUT2D eigenvalue weighted by molar-refractivity contribution is 0.00791.